The van der Waals surface area contributed by atoms with Crippen LogP contribution in [0.5, 0.6) is 0 Å². The summed E-state index contributed by atoms with van der Waals surface area (Å²) >= 11 is 0. The number of hydrogen-bond acceptors (Lipinski definition) is 8. The van der Waals surface area contributed by atoms with Crippen molar-refractivity contribution in [1.29, 1.82) is 0 Å². The van der Waals surface area contributed by atoms with Gasteiger partial charge in [-0.2, -0.15) is 4.72 Å². The van der Waals surface area contributed by atoms with Gasteiger partial charge in [-0.3, -0.25) is 9.69 Å². The number of β-amino-alcohol motifs (C(OH)–C–C–N with tert-alkyl or cyclic N) is 1. The number of anilines is 1. The molecule has 11 heteroatoms. The van der Waals surface area contributed by atoms with Crippen molar-refractivity contribution in [2.45, 2.75) is 68.8 Å². The van der Waals surface area contributed by atoms with Gasteiger partial charge in [-0.05, 0) is 60.7 Å². The maximum absolute atomic E-state index is 13.7. The molecule has 0 aliphatic carbocycles. The summed E-state index contributed by atoms with van der Waals surface area (Å²) in [6.45, 7) is 6.00. The van der Waals surface area contributed by atoms with Crippen LogP contribution in [0.1, 0.15) is 53.6 Å². The molecule has 0 radical (unpaired) electrons. The molecule has 10 nitrogen and oxygen atoms in total. The standard InChI is InChI=1S/C39H45N3O7S/c1-26-8-18-34(19-9-26)50(46,47)41-35(22-28-6-4-3-5-7-28)38(45)40-32-16-14-31(15-17-32)39-48-36(24-42-21-20-33(44)23-42)27(2)37(49-39)30-12-10-29(25-43)11-13-30/h3-19,27,33,35-37,39,41,43-44H,20-25H2,1-2H3,(H,40,45)/t27-,33+,35-,36+,37+,39+/m1/s1. The second-order valence-corrected chi connectivity index (χ2v) is 15.0. The van der Waals surface area contributed by atoms with Crippen LogP contribution in [0.3, 0.4) is 0 Å². The molecule has 2 fully saturated rings. The van der Waals surface area contributed by atoms with E-state index in [-0.39, 0.29) is 42.2 Å². The molecule has 50 heavy (non-hydrogen) atoms. The van der Waals surface area contributed by atoms with Crippen LogP contribution < -0.4 is 10.0 Å². The normalized spacial score (nSPS) is 23.4. The summed E-state index contributed by atoms with van der Waals surface area (Å²) in [6.07, 6.45) is -0.591. The molecule has 0 spiro atoms. The summed E-state index contributed by atoms with van der Waals surface area (Å²) in [4.78, 5) is 16.0. The number of aliphatic hydroxyl groups is 2. The highest BCUT2D eigenvalue weighted by Crippen LogP contribution is 2.42. The lowest BCUT2D eigenvalue weighted by Crippen LogP contribution is -2.45. The Morgan fingerprint density at radius 2 is 1.58 bits per heavy atom. The molecule has 2 heterocycles. The van der Waals surface area contributed by atoms with Crippen molar-refractivity contribution in [1.82, 2.24) is 9.62 Å². The Bertz CT molecular complexity index is 1820. The van der Waals surface area contributed by atoms with Crippen molar-refractivity contribution in [3.63, 3.8) is 0 Å². The Kier molecular flexibility index (Phi) is 11.4. The highest BCUT2D eigenvalue weighted by Gasteiger charge is 2.40. The van der Waals surface area contributed by atoms with Gasteiger partial charge in [0.05, 0.1) is 29.8 Å². The van der Waals surface area contributed by atoms with Gasteiger partial charge in [-0.25, -0.2) is 8.42 Å². The number of benzene rings is 4. The van der Waals surface area contributed by atoms with Crippen LogP contribution in [0.15, 0.2) is 108 Å². The maximum Gasteiger partial charge on any atom is 0.242 e. The first-order chi connectivity index (χ1) is 24.1. The summed E-state index contributed by atoms with van der Waals surface area (Å²) in [5, 5.41) is 22.6. The molecule has 0 aromatic heterocycles. The molecule has 0 bridgehead atoms. The van der Waals surface area contributed by atoms with Gasteiger partial charge in [-0.1, -0.05) is 91.3 Å². The number of sulfonamides is 1. The Hall–Kier alpha value is -3.94. The Morgan fingerprint density at radius 1 is 0.900 bits per heavy atom. The van der Waals surface area contributed by atoms with E-state index < -0.39 is 28.3 Å². The summed E-state index contributed by atoms with van der Waals surface area (Å²) in [6, 6.07) is 29.6. The average Bonchev–Trinajstić information content (AvgIpc) is 3.54. The number of ether oxygens (including phenoxy) is 2. The fourth-order valence-electron chi connectivity index (χ4n) is 6.52. The minimum absolute atomic E-state index is 0.00719. The van der Waals surface area contributed by atoms with Crippen LogP contribution in [0.4, 0.5) is 5.69 Å². The van der Waals surface area contributed by atoms with Gasteiger partial charge >= 0.3 is 0 Å². The quantitative estimate of drug-likeness (QED) is 0.164. The summed E-state index contributed by atoms with van der Waals surface area (Å²) in [7, 11) is -3.98. The van der Waals surface area contributed by atoms with Crippen molar-refractivity contribution in [2.24, 2.45) is 5.92 Å². The fraction of sp³-hybridized carbons (Fsp3) is 0.359. The van der Waals surface area contributed by atoms with Crippen LogP contribution in [0.25, 0.3) is 0 Å². The molecular weight excluding hydrogens is 655 g/mol. The van der Waals surface area contributed by atoms with Gasteiger partial charge in [0.15, 0.2) is 6.29 Å². The molecule has 264 valence electrons. The molecule has 6 rings (SSSR count). The molecular formula is C39H45N3O7S. The van der Waals surface area contributed by atoms with Crippen molar-refractivity contribution in [3.8, 4) is 0 Å². The number of amides is 1. The third-order valence-corrected chi connectivity index (χ3v) is 11.0. The fourth-order valence-corrected chi connectivity index (χ4v) is 7.72. The Labute approximate surface area is 294 Å². The molecule has 0 unspecified atom stereocenters. The Morgan fingerprint density at radius 3 is 2.22 bits per heavy atom. The molecule has 2 saturated heterocycles. The van der Waals surface area contributed by atoms with Crippen LogP contribution in [0, 0.1) is 12.8 Å². The number of likely N-dealkylation sites (tertiary alicyclic amines) is 1. The molecule has 4 aromatic carbocycles. The topological polar surface area (TPSA) is 137 Å². The zero-order chi connectivity index (χ0) is 35.3. The van der Waals surface area contributed by atoms with Crippen molar-refractivity contribution >= 4 is 21.6 Å². The van der Waals surface area contributed by atoms with E-state index in [1.165, 1.54) is 12.1 Å². The SMILES string of the molecule is Cc1ccc(S(=O)(=O)N[C@H](Cc2ccccc2)C(=O)Nc2ccc([C@H]3O[C@@H](CN4CC[C@H](O)C4)[C@@H](C)[C@@H](c4ccc(CO)cc4)O3)cc2)cc1. The minimum atomic E-state index is -3.98. The zero-order valence-corrected chi connectivity index (χ0v) is 29.1. The minimum Gasteiger partial charge on any atom is -0.392 e. The maximum atomic E-state index is 13.7. The molecule has 4 aromatic rings. The second kappa shape index (κ2) is 15.9. The highest BCUT2D eigenvalue weighted by atomic mass is 32.2. The summed E-state index contributed by atoms with van der Waals surface area (Å²) in [5.74, 6) is -0.483. The van der Waals surface area contributed by atoms with E-state index in [0.717, 1.165) is 40.8 Å². The number of aryl methyl sites for hydroxylation is 1. The number of carbonyl (C=O) groups is 1. The number of carbonyl (C=O) groups excluding carboxylic acids is 1. The van der Waals surface area contributed by atoms with Crippen LogP contribution in [0.2, 0.25) is 0 Å². The largest absolute Gasteiger partial charge is 0.392 e. The predicted molar refractivity (Wildman–Crippen MR) is 191 cm³/mol. The molecule has 6 atom stereocenters. The molecule has 4 N–H and O–H groups in total. The van der Waals surface area contributed by atoms with Crippen molar-refractivity contribution in [3.05, 3.63) is 131 Å². The lowest BCUT2D eigenvalue weighted by molar-refractivity contribution is -0.276. The highest BCUT2D eigenvalue weighted by molar-refractivity contribution is 7.89. The lowest BCUT2D eigenvalue weighted by Gasteiger charge is -2.42. The number of rotatable bonds is 12. The number of hydrogen-bond donors (Lipinski definition) is 4. The van der Waals surface area contributed by atoms with E-state index >= 15 is 0 Å². The van der Waals surface area contributed by atoms with Gasteiger partial charge in [-0.15, -0.1) is 0 Å². The number of aliphatic hydroxyl groups excluding tert-OH is 2. The van der Waals surface area contributed by atoms with Gasteiger partial charge in [0.25, 0.3) is 0 Å². The zero-order valence-electron chi connectivity index (χ0n) is 28.3. The molecule has 2 aliphatic heterocycles. The van der Waals surface area contributed by atoms with E-state index in [1.54, 1.807) is 24.3 Å². The third kappa shape index (κ3) is 8.85. The molecule has 1 amide bonds. The van der Waals surface area contributed by atoms with Crippen LogP contribution >= 0.6 is 0 Å². The van der Waals surface area contributed by atoms with E-state index in [0.29, 0.717) is 18.8 Å². The smallest absolute Gasteiger partial charge is 0.242 e. The van der Waals surface area contributed by atoms with Gasteiger partial charge in [0.1, 0.15) is 6.04 Å². The van der Waals surface area contributed by atoms with Gasteiger partial charge < -0.3 is 25.0 Å². The van der Waals surface area contributed by atoms with E-state index in [9.17, 15) is 23.4 Å². The average molecular weight is 700 g/mol. The van der Waals surface area contributed by atoms with E-state index in [1.807, 2.05) is 73.7 Å². The number of nitrogens with zero attached hydrogens (tertiary/aromatic N) is 1. The van der Waals surface area contributed by atoms with Crippen molar-refractivity contribution < 1.29 is 32.9 Å². The third-order valence-electron chi connectivity index (χ3n) is 9.49. The summed E-state index contributed by atoms with van der Waals surface area (Å²) < 4.78 is 42.4. The molecule has 2 aliphatic rings. The lowest BCUT2D eigenvalue weighted by atomic mass is 9.90. The first-order valence-corrected chi connectivity index (χ1v) is 18.5. The number of nitrogens with one attached hydrogen (secondary N) is 2. The van der Waals surface area contributed by atoms with Gasteiger partial charge in [0.2, 0.25) is 15.9 Å². The van der Waals surface area contributed by atoms with E-state index in [4.69, 9.17) is 9.47 Å². The van der Waals surface area contributed by atoms with E-state index in [2.05, 4.69) is 21.9 Å². The van der Waals surface area contributed by atoms with Crippen LogP contribution in [-0.2, 0) is 37.3 Å². The predicted octanol–water partition coefficient (Wildman–Crippen LogP) is 4.87. The Balaban J connectivity index is 1.19. The molecule has 0 saturated carbocycles. The van der Waals surface area contributed by atoms with Crippen molar-refractivity contribution in [2.75, 3.05) is 25.0 Å². The first kappa shape index (κ1) is 35.9. The monoisotopic (exact) mass is 699 g/mol. The summed E-state index contributed by atoms with van der Waals surface area (Å²) in [5.41, 5.74) is 4.80. The first-order valence-electron chi connectivity index (χ1n) is 17.0. The van der Waals surface area contributed by atoms with Crippen LogP contribution in [-0.4, -0.2) is 67.3 Å². The van der Waals surface area contributed by atoms with Gasteiger partial charge in [0, 0.05) is 36.8 Å². The second-order valence-electron chi connectivity index (χ2n) is 13.3.